The first kappa shape index (κ1) is 25.6. The van der Waals surface area contributed by atoms with Crippen LogP contribution >= 0.6 is 0 Å². The zero-order chi connectivity index (χ0) is 24.6. The molecule has 0 radical (unpaired) electrons. The van der Waals surface area contributed by atoms with Crippen molar-refractivity contribution in [1.82, 2.24) is 0 Å². The minimum atomic E-state index is 0.538. The van der Waals surface area contributed by atoms with Crippen molar-refractivity contribution in [2.75, 3.05) is 13.2 Å². The summed E-state index contributed by atoms with van der Waals surface area (Å²) in [4.78, 5) is 0. The molecule has 0 aliphatic heterocycles. The molecule has 188 valence electrons. The average Bonchev–Trinajstić information content (AvgIpc) is 2.88. The van der Waals surface area contributed by atoms with Gasteiger partial charge in [0.1, 0.15) is 24.7 Å². The highest BCUT2D eigenvalue weighted by Crippen LogP contribution is 2.43. The van der Waals surface area contributed by atoms with Gasteiger partial charge in [0.25, 0.3) is 0 Å². The van der Waals surface area contributed by atoms with Crippen molar-refractivity contribution in [3.05, 3.63) is 83.0 Å². The summed E-state index contributed by atoms with van der Waals surface area (Å²) in [5.41, 5.74) is 7.98. The summed E-state index contributed by atoms with van der Waals surface area (Å²) >= 11 is 0. The molecule has 0 atom stereocenters. The Bertz CT molecular complexity index is 925. The molecule has 0 aromatic heterocycles. The highest BCUT2D eigenvalue weighted by Gasteiger charge is 2.25. The minimum Gasteiger partial charge on any atom is -0.489 e. The summed E-state index contributed by atoms with van der Waals surface area (Å²) < 4.78 is 12.8. The predicted molar refractivity (Wildman–Crippen MR) is 148 cm³/mol. The maximum atomic E-state index is 6.42. The van der Waals surface area contributed by atoms with Crippen molar-refractivity contribution in [2.45, 2.75) is 96.3 Å². The molecule has 35 heavy (non-hydrogen) atoms. The molecule has 0 unspecified atom stereocenters. The Labute approximate surface area is 213 Å². The van der Waals surface area contributed by atoms with Crippen molar-refractivity contribution in [3.63, 3.8) is 0 Å². The summed E-state index contributed by atoms with van der Waals surface area (Å²) in [5.74, 6) is 3.35. The molecule has 2 fully saturated rings. The molecule has 2 aromatic rings. The van der Waals surface area contributed by atoms with Crippen LogP contribution in [0.2, 0.25) is 0 Å². The molecular weight excluding hydrogens is 428 g/mol. The normalized spacial score (nSPS) is 17.2. The Morgan fingerprint density at radius 1 is 0.657 bits per heavy atom. The third kappa shape index (κ3) is 6.40. The van der Waals surface area contributed by atoms with Crippen LogP contribution in [-0.2, 0) is 6.42 Å². The van der Waals surface area contributed by atoms with Crippen LogP contribution in [0, 0.1) is 13.8 Å². The van der Waals surface area contributed by atoms with Crippen molar-refractivity contribution in [3.8, 4) is 11.5 Å². The third-order valence-electron chi connectivity index (χ3n) is 7.84. The molecule has 0 amide bonds. The van der Waals surface area contributed by atoms with Crippen molar-refractivity contribution in [1.29, 1.82) is 0 Å². The largest absolute Gasteiger partial charge is 0.489 e. The van der Waals surface area contributed by atoms with Gasteiger partial charge in [0.15, 0.2) is 0 Å². The van der Waals surface area contributed by atoms with E-state index in [1.807, 2.05) is 12.2 Å². The first-order valence-electron chi connectivity index (χ1n) is 13.8. The highest BCUT2D eigenvalue weighted by molar-refractivity contribution is 5.53. The average molecular weight is 473 g/mol. The molecule has 2 aliphatic carbocycles. The summed E-state index contributed by atoms with van der Waals surface area (Å²) in [6, 6.07) is 9.39. The lowest BCUT2D eigenvalue weighted by Crippen LogP contribution is -2.12. The van der Waals surface area contributed by atoms with Gasteiger partial charge in [-0.05, 0) is 73.6 Å². The second-order valence-corrected chi connectivity index (χ2v) is 10.7. The van der Waals surface area contributed by atoms with Crippen molar-refractivity contribution >= 4 is 0 Å². The highest BCUT2D eigenvalue weighted by atomic mass is 16.5. The van der Waals surface area contributed by atoms with Gasteiger partial charge in [-0.1, -0.05) is 99.2 Å². The van der Waals surface area contributed by atoms with Crippen LogP contribution in [0.3, 0.4) is 0 Å². The fraction of sp³-hybridized carbons (Fsp3) is 0.515. The van der Waals surface area contributed by atoms with E-state index in [1.54, 1.807) is 0 Å². The zero-order valence-corrected chi connectivity index (χ0v) is 22.0. The van der Waals surface area contributed by atoms with Crippen molar-refractivity contribution < 1.29 is 9.47 Å². The smallest absolute Gasteiger partial charge is 0.126 e. The lowest BCUT2D eigenvalue weighted by molar-refractivity contribution is 0.340. The summed E-state index contributed by atoms with van der Waals surface area (Å²) in [6.45, 7) is 13.4. The Hall–Kier alpha value is -2.48. The van der Waals surface area contributed by atoms with Crippen LogP contribution in [-0.4, -0.2) is 13.2 Å². The van der Waals surface area contributed by atoms with Gasteiger partial charge >= 0.3 is 0 Å². The number of hydrogen-bond donors (Lipinski definition) is 0. The number of ether oxygens (including phenoxy) is 2. The van der Waals surface area contributed by atoms with E-state index in [4.69, 9.17) is 9.47 Å². The maximum Gasteiger partial charge on any atom is 0.126 e. The van der Waals surface area contributed by atoms with Gasteiger partial charge in [-0.25, -0.2) is 0 Å². The Morgan fingerprint density at radius 2 is 1.06 bits per heavy atom. The number of benzene rings is 2. The molecule has 0 heterocycles. The Morgan fingerprint density at radius 3 is 1.43 bits per heavy atom. The van der Waals surface area contributed by atoms with Crippen LogP contribution in [0.15, 0.2) is 49.6 Å². The number of rotatable bonds is 10. The molecule has 2 nitrogen and oxygen atoms in total. The fourth-order valence-corrected chi connectivity index (χ4v) is 6.29. The standard InChI is InChI=1S/C33H44O2/c1-5-17-34-32-28(19-24(3)21-30(32)26-13-9-7-10-14-26)23-29-20-25(4)22-31(33(29)35-18-6-2)27-15-11-8-12-16-27/h5-6,19-22,26-27H,1-2,7-18,23H2,3-4H3. The molecule has 4 rings (SSSR count). The van der Waals surface area contributed by atoms with Gasteiger partial charge in [-0.3, -0.25) is 0 Å². The maximum absolute atomic E-state index is 6.42. The second kappa shape index (κ2) is 12.5. The monoisotopic (exact) mass is 472 g/mol. The van der Waals surface area contributed by atoms with Gasteiger partial charge < -0.3 is 9.47 Å². The fourth-order valence-electron chi connectivity index (χ4n) is 6.29. The van der Waals surface area contributed by atoms with Crippen LogP contribution < -0.4 is 9.47 Å². The van der Waals surface area contributed by atoms with E-state index < -0.39 is 0 Å². The van der Waals surface area contributed by atoms with Gasteiger partial charge in [0, 0.05) is 6.42 Å². The third-order valence-corrected chi connectivity index (χ3v) is 7.84. The second-order valence-electron chi connectivity index (χ2n) is 10.7. The molecular formula is C33H44O2. The first-order chi connectivity index (χ1) is 17.1. The van der Waals surface area contributed by atoms with Crippen LogP contribution in [0.4, 0.5) is 0 Å². The van der Waals surface area contributed by atoms with E-state index in [0.717, 1.165) is 17.9 Å². The Balaban J connectivity index is 1.77. The van der Waals surface area contributed by atoms with Crippen molar-refractivity contribution in [2.24, 2.45) is 0 Å². The van der Waals surface area contributed by atoms with Crippen LogP contribution in [0.25, 0.3) is 0 Å². The summed E-state index contributed by atoms with van der Waals surface area (Å²) in [5, 5.41) is 0. The van der Waals surface area contributed by atoms with Gasteiger partial charge in [-0.2, -0.15) is 0 Å². The van der Waals surface area contributed by atoms with Gasteiger partial charge in [0.05, 0.1) is 0 Å². The van der Waals surface area contributed by atoms with E-state index >= 15 is 0 Å². The topological polar surface area (TPSA) is 18.5 Å². The quantitative estimate of drug-likeness (QED) is 0.321. The first-order valence-corrected chi connectivity index (χ1v) is 13.8. The molecule has 2 heteroatoms. The minimum absolute atomic E-state index is 0.538. The molecule has 0 N–H and O–H groups in total. The molecule has 0 spiro atoms. The summed E-state index contributed by atoms with van der Waals surface area (Å²) in [7, 11) is 0. The Kier molecular flexibility index (Phi) is 9.12. The number of aryl methyl sites for hydroxylation is 2. The zero-order valence-electron chi connectivity index (χ0n) is 22.0. The molecule has 2 saturated carbocycles. The predicted octanol–water partition coefficient (Wildman–Crippen LogP) is 9.12. The molecule has 0 bridgehead atoms. The molecule has 0 saturated heterocycles. The molecule has 2 aromatic carbocycles. The van der Waals surface area contributed by atoms with Gasteiger partial charge in [-0.15, -0.1) is 0 Å². The van der Waals surface area contributed by atoms with E-state index in [2.05, 4.69) is 51.3 Å². The van der Waals surface area contributed by atoms with E-state index in [9.17, 15) is 0 Å². The lowest BCUT2D eigenvalue weighted by Gasteiger charge is -2.28. The van der Waals surface area contributed by atoms with E-state index in [-0.39, 0.29) is 0 Å². The number of hydrogen-bond acceptors (Lipinski definition) is 2. The van der Waals surface area contributed by atoms with E-state index in [1.165, 1.54) is 97.6 Å². The van der Waals surface area contributed by atoms with E-state index in [0.29, 0.717) is 25.0 Å². The van der Waals surface area contributed by atoms with Crippen LogP contribution in [0.5, 0.6) is 11.5 Å². The lowest BCUT2D eigenvalue weighted by atomic mass is 9.80. The van der Waals surface area contributed by atoms with Gasteiger partial charge in [0.2, 0.25) is 0 Å². The molecule has 2 aliphatic rings. The SMILES string of the molecule is C=CCOc1c(Cc2cc(C)cc(C3CCCCC3)c2OCC=C)cc(C)cc1C1CCCCC1. The van der Waals surface area contributed by atoms with Crippen LogP contribution in [0.1, 0.15) is 109 Å². The summed E-state index contributed by atoms with van der Waals surface area (Å²) in [6.07, 6.45) is 17.6.